The predicted molar refractivity (Wildman–Crippen MR) is 123 cm³/mol. The van der Waals surface area contributed by atoms with E-state index in [1.165, 1.54) is 6.42 Å². The molecule has 3 rings (SSSR count). The zero-order valence-corrected chi connectivity index (χ0v) is 18.8. The third-order valence-electron chi connectivity index (χ3n) is 5.83. The Kier molecular flexibility index (Phi) is 8.10. The van der Waals surface area contributed by atoms with Crippen molar-refractivity contribution in [3.05, 3.63) is 59.2 Å². The van der Waals surface area contributed by atoms with E-state index in [1.54, 1.807) is 31.2 Å². The van der Waals surface area contributed by atoms with E-state index < -0.39 is 6.10 Å². The third kappa shape index (κ3) is 6.09. The maximum atomic E-state index is 12.8. The number of aryl methyl sites for hydroxylation is 2. The van der Waals surface area contributed by atoms with E-state index >= 15 is 0 Å². The van der Waals surface area contributed by atoms with Gasteiger partial charge < -0.3 is 14.8 Å². The van der Waals surface area contributed by atoms with Crippen LogP contribution in [0.3, 0.4) is 0 Å². The first-order valence-corrected chi connectivity index (χ1v) is 11.4. The topological polar surface area (TPSA) is 64.6 Å². The summed E-state index contributed by atoms with van der Waals surface area (Å²) >= 11 is 0. The molecule has 5 nitrogen and oxygen atoms in total. The molecule has 0 bridgehead atoms. The number of nitrogens with one attached hydrogen (secondary N) is 1. The Bertz CT molecular complexity index is 863. The molecule has 2 aromatic carbocycles. The molecule has 0 unspecified atom stereocenters. The van der Waals surface area contributed by atoms with E-state index in [0.717, 1.165) is 55.3 Å². The molecule has 0 aromatic heterocycles. The van der Waals surface area contributed by atoms with Gasteiger partial charge in [-0.25, -0.2) is 4.79 Å². The number of ether oxygens (including phenoxy) is 2. The van der Waals surface area contributed by atoms with Crippen LogP contribution in [0.4, 0.5) is 5.69 Å². The minimum Gasteiger partial charge on any atom is -0.479 e. The summed E-state index contributed by atoms with van der Waals surface area (Å²) < 4.78 is 11.3. The molecule has 2 aromatic rings. The van der Waals surface area contributed by atoms with Gasteiger partial charge in [0.05, 0.1) is 0 Å². The largest absolute Gasteiger partial charge is 0.479 e. The van der Waals surface area contributed by atoms with Gasteiger partial charge in [-0.15, -0.1) is 0 Å². The first kappa shape index (κ1) is 22.9. The third-order valence-corrected chi connectivity index (χ3v) is 5.83. The summed E-state index contributed by atoms with van der Waals surface area (Å²) in [6, 6.07) is 13.0. The molecule has 0 saturated heterocycles. The van der Waals surface area contributed by atoms with Crippen molar-refractivity contribution in [3.8, 4) is 5.75 Å². The van der Waals surface area contributed by atoms with Gasteiger partial charge in [-0.3, -0.25) is 4.79 Å². The molecule has 0 heterocycles. The first-order valence-electron chi connectivity index (χ1n) is 11.4. The lowest BCUT2D eigenvalue weighted by molar-refractivity contribution is -0.158. The second kappa shape index (κ2) is 11.0. The van der Waals surface area contributed by atoms with Gasteiger partial charge in [0.2, 0.25) is 0 Å². The summed E-state index contributed by atoms with van der Waals surface area (Å²) in [5.41, 5.74) is 3.69. The molecular weight excluding hydrogens is 390 g/mol. The summed E-state index contributed by atoms with van der Waals surface area (Å²) in [5, 5.41) is 3.07. The molecule has 1 fully saturated rings. The van der Waals surface area contributed by atoms with Crippen molar-refractivity contribution in [2.24, 2.45) is 0 Å². The van der Waals surface area contributed by atoms with Crippen LogP contribution in [0.2, 0.25) is 0 Å². The molecule has 1 aliphatic carbocycles. The normalized spacial score (nSPS) is 15.2. The van der Waals surface area contributed by atoms with Gasteiger partial charge in [0, 0.05) is 11.3 Å². The van der Waals surface area contributed by atoms with Gasteiger partial charge in [0.1, 0.15) is 11.9 Å². The Morgan fingerprint density at radius 2 is 1.58 bits per heavy atom. The van der Waals surface area contributed by atoms with Crippen molar-refractivity contribution in [2.45, 2.75) is 77.9 Å². The van der Waals surface area contributed by atoms with E-state index in [2.05, 4.69) is 19.2 Å². The number of amides is 1. The lowest BCUT2D eigenvalue weighted by Gasteiger charge is -2.23. The lowest BCUT2D eigenvalue weighted by Crippen LogP contribution is -2.31. The Morgan fingerprint density at radius 1 is 0.968 bits per heavy atom. The van der Waals surface area contributed by atoms with Crippen molar-refractivity contribution in [3.63, 3.8) is 0 Å². The van der Waals surface area contributed by atoms with Crippen LogP contribution in [-0.4, -0.2) is 24.1 Å². The molecule has 1 N–H and O–H groups in total. The van der Waals surface area contributed by atoms with Crippen LogP contribution >= 0.6 is 0 Å². The molecular formula is C26H33NO4. The molecule has 1 amide bonds. The predicted octanol–water partition coefficient (Wildman–Crippen LogP) is 5.71. The molecule has 166 valence electrons. The Labute approximate surface area is 185 Å². The second-order valence-electron chi connectivity index (χ2n) is 8.09. The fourth-order valence-corrected chi connectivity index (χ4v) is 3.97. The highest BCUT2D eigenvalue weighted by Crippen LogP contribution is 2.24. The van der Waals surface area contributed by atoms with Crippen molar-refractivity contribution in [1.29, 1.82) is 0 Å². The molecule has 0 aliphatic heterocycles. The lowest BCUT2D eigenvalue weighted by atomic mass is 9.98. The average molecular weight is 424 g/mol. The van der Waals surface area contributed by atoms with Gasteiger partial charge in [0.15, 0.2) is 6.10 Å². The number of esters is 1. The number of carbonyl (C=O) groups excluding carboxylic acids is 2. The highest BCUT2D eigenvalue weighted by Gasteiger charge is 2.23. The van der Waals surface area contributed by atoms with Gasteiger partial charge >= 0.3 is 5.97 Å². The Hall–Kier alpha value is -2.82. The number of hydrogen-bond acceptors (Lipinski definition) is 4. The minimum absolute atomic E-state index is 0.0115. The van der Waals surface area contributed by atoms with Crippen LogP contribution in [0.25, 0.3) is 0 Å². The van der Waals surface area contributed by atoms with Gasteiger partial charge in [-0.05, 0) is 80.8 Å². The fraction of sp³-hybridized carbons (Fsp3) is 0.462. The van der Waals surface area contributed by atoms with E-state index in [0.29, 0.717) is 11.3 Å². The van der Waals surface area contributed by atoms with Crippen LogP contribution in [-0.2, 0) is 22.4 Å². The van der Waals surface area contributed by atoms with Crippen molar-refractivity contribution in [1.82, 2.24) is 0 Å². The molecule has 5 heteroatoms. The molecule has 0 spiro atoms. The highest BCUT2D eigenvalue weighted by molar-refractivity contribution is 6.05. The monoisotopic (exact) mass is 423 g/mol. The van der Waals surface area contributed by atoms with Gasteiger partial charge in [0.25, 0.3) is 5.91 Å². The molecule has 1 saturated carbocycles. The van der Waals surface area contributed by atoms with Crippen LogP contribution in [0, 0.1) is 0 Å². The van der Waals surface area contributed by atoms with Crippen LogP contribution in [0.1, 0.15) is 74.4 Å². The zero-order valence-electron chi connectivity index (χ0n) is 18.8. The molecule has 1 atom stereocenters. The first-order chi connectivity index (χ1) is 15.0. The number of anilines is 1. The number of para-hydroxylation sites is 1. The molecule has 0 radical (unpaired) electrons. The van der Waals surface area contributed by atoms with Crippen molar-refractivity contribution < 1.29 is 19.1 Å². The SMILES string of the molecule is CCc1cccc(CC)c1NC(=O)c1ccc(O[C@@H](C)C(=O)OC2CCCCC2)cc1. The standard InChI is InChI=1S/C26H33NO4/c1-4-19-10-9-11-20(5-2)24(19)27-25(28)21-14-16-23(17-15-21)30-18(3)26(29)31-22-12-7-6-8-13-22/h9-11,14-18,22H,4-8,12-13H2,1-3H3,(H,27,28)/t18-/m0/s1. The summed E-state index contributed by atoms with van der Waals surface area (Å²) in [6.45, 7) is 5.85. The van der Waals surface area contributed by atoms with E-state index in [-0.39, 0.29) is 18.0 Å². The number of hydrogen-bond donors (Lipinski definition) is 1. The summed E-state index contributed by atoms with van der Waals surface area (Å²) in [4.78, 5) is 25.1. The smallest absolute Gasteiger partial charge is 0.347 e. The van der Waals surface area contributed by atoms with Crippen LogP contribution in [0.15, 0.2) is 42.5 Å². The van der Waals surface area contributed by atoms with Gasteiger partial charge in [-0.1, -0.05) is 38.5 Å². The second-order valence-corrected chi connectivity index (χ2v) is 8.09. The maximum Gasteiger partial charge on any atom is 0.347 e. The number of rotatable bonds is 8. The molecule has 1 aliphatic rings. The minimum atomic E-state index is -0.690. The molecule has 31 heavy (non-hydrogen) atoms. The van der Waals surface area contributed by atoms with Crippen LogP contribution in [0.5, 0.6) is 5.75 Å². The Morgan fingerprint density at radius 3 is 2.16 bits per heavy atom. The van der Waals surface area contributed by atoms with Gasteiger partial charge in [-0.2, -0.15) is 0 Å². The van der Waals surface area contributed by atoms with E-state index in [1.807, 2.05) is 18.2 Å². The number of benzene rings is 2. The fourth-order valence-electron chi connectivity index (χ4n) is 3.97. The maximum absolute atomic E-state index is 12.8. The zero-order chi connectivity index (χ0) is 22.2. The van der Waals surface area contributed by atoms with E-state index in [4.69, 9.17) is 9.47 Å². The van der Waals surface area contributed by atoms with Crippen molar-refractivity contribution in [2.75, 3.05) is 5.32 Å². The summed E-state index contributed by atoms with van der Waals surface area (Å²) in [6.07, 6.45) is 6.33. The van der Waals surface area contributed by atoms with Crippen molar-refractivity contribution >= 4 is 17.6 Å². The van der Waals surface area contributed by atoms with E-state index in [9.17, 15) is 9.59 Å². The Balaban J connectivity index is 1.59. The summed E-state index contributed by atoms with van der Waals surface area (Å²) in [5.74, 6) is 0.0387. The van der Waals surface area contributed by atoms with Crippen LogP contribution < -0.4 is 10.1 Å². The number of carbonyl (C=O) groups is 2. The quantitative estimate of drug-likeness (QED) is 0.553. The summed E-state index contributed by atoms with van der Waals surface area (Å²) in [7, 11) is 0. The highest BCUT2D eigenvalue weighted by atomic mass is 16.6. The average Bonchev–Trinajstić information content (AvgIpc) is 2.80.